The summed E-state index contributed by atoms with van der Waals surface area (Å²) in [6.45, 7) is 5.14. The Hall–Kier alpha value is -6.93. The molecule has 2 heterocycles. The highest BCUT2D eigenvalue weighted by molar-refractivity contribution is 7.87. The second-order valence-corrected chi connectivity index (χ2v) is 23.8. The maximum atomic E-state index is 12.2. The van der Waals surface area contributed by atoms with E-state index in [2.05, 4.69) is 35.7 Å². The Bertz CT molecular complexity index is 3870. The predicted molar refractivity (Wildman–Crippen MR) is 258 cm³/mol. The van der Waals surface area contributed by atoms with E-state index in [1.807, 2.05) is 6.07 Å². The van der Waals surface area contributed by atoms with Crippen LogP contribution in [0, 0.1) is 32.1 Å². The Morgan fingerprint density at radius 1 is 0.658 bits per heavy atom. The molecule has 73 heavy (non-hydrogen) atoms. The second kappa shape index (κ2) is 20.9. The molecule has 0 fully saturated rings. The number of imidazole rings is 1. The Morgan fingerprint density at radius 2 is 1.15 bits per heavy atom. The Kier molecular flexibility index (Phi) is 15.9. The molecule has 0 spiro atoms. The number of fused-ring (bicyclic) bond motifs is 3. The van der Waals surface area contributed by atoms with Crippen molar-refractivity contribution in [2.24, 2.45) is 30.7 Å². The number of aromatic nitrogens is 2. The third kappa shape index (κ3) is 13.2. The smallest absolute Gasteiger partial charge is 0.296 e. The first-order valence-corrected chi connectivity index (χ1v) is 28.2. The number of benzene rings is 3. The van der Waals surface area contributed by atoms with Crippen molar-refractivity contribution in [2.75, 3.05) is 24.7 Å². The molecule has 0 radical (unpaired) electrons. The van der Waals surface area contributed by atoms with E-state index in [0.717, 1.165) is 22.6 Å². The van der Waals surface area contributed by atoms with Crippen LogP contribution in [0.25, 0.3) is 17.8 Å². The zero-order chi connectivity index (χ0) is 54.1. The number of hydrogen-bond donors (Lipinski definition) is 6. The Balaban J connectivity index is 1.42. The quantitative estimate of drug-likeness (QED) is 0.0263. The monoisotopic (exact) mass is 1110 g/mol. The highest BCUT2D eigenvalue weighted by Crippen LogP contribution is 2.43. The lowest BCUT2D eigenvalue weighted by atomic mass is 10.1. The average molecular weight is 1110 g/mol. The van der Waals surface area contributed by atoms with E-state index in [4.69, 9.17) is 9.47 Å². The molecule has 0 saturated heterocycles. The van der Waals surface area contributed by atoms with Crippen LogP contribution in [0.4, 0.5) is 34.1 Å². The van der Waals surface area contributed by atoms with E-state index in [1.165, 1.54) is 63.3 Å². The molecule has 1 unspecified atom stereocenters. The van der Waals surface area contributed by atoms with E-state index in [-0.39, 0.29) is 99.7 Å². The van der Waals surface area contributed by atoms with Gasteiger partial charge in [0.05, 0.1) is 52.4 Å². The van der Waals surface area contributed by atoms with Crippen molar-refractivity contribution in [1.29, 1.82) is 5.26 Å². The van der Waals surface area contributed by atoms with Crippen LogP contribution >= 0.6 is 0 Å². The van der Waals surface area contributed by atoms with Gasteiger partial charge in [0.1, 0.15) is 49.8 Å². The summed E-state index contributed by atoms with van der Waals surface area (Å²) in [7, 11) is -23.5. The molecule has 5 aromatic rings. The SMILES string of the molecule is Cc1cc(N=Nc2c(C)c(C#N)c3nc4c(n3c2O)C=CC(C)(S(=O)(=O)O)C=C4)c(OCCCS(=O)(=O)O)cc1N=Nc1cc(C)c(N=Nc2ccc(S(=O)(=O)O)cc2S(=O)(=O)O)cc1OCCCS(=O)(=O)O. The van der Waals surface area contributed by atoms with Gasteiger partial charge in [0.25, 0.3) is 50.6 Å². The number of nitriles is 1. The zero-order valence-electron chi connectivity index (χ0n) is 38.2. The second-order valence-electron chi connectivity index (χ2n) is 16.0. The van der Waals surface area contributed by atoms with Gasteiger partial charge >= 0.3 is 0 Å². The minimum Gasteiger partial charge on any atom is -0.493 e. The largest absolute Gasteiger partial charge is 0.493 e. The number of rotatable bonds is 19. The fraction of sp³-hybridized carbons (Fsp3) is 0.268. The van der Waals surface area contributed by atoms with Gasteiger partial charge in [-0.05, 0) is 94.1 Å². The standard InChI is InChI=1S/C41H41N9O18S5/c1-23-17-32(35(67-13-5-15-69(52,53)54)20-30(23)45-44-29-8-7-26(71(58,59)60)19-37(29)72(61,62)63)47-46-31-21-36(68-14-6-16-70(55,56)57)33(18-24(31)2)48-49-38-25(3)27(22-42)39-43-28-9-11-41(4,73(64,65)66)12-10-34(28)50(39)40(38)51/h7-12,17-21,51H,5-6,13-16H2,1-4H3,(H,52,53,54)(H,55,56,57)(H,58,59,60)(H,61,62,63)(H,64,65,66). The lowest BCUT2D eigenvalue weighted by Gasteiger charge is -2.16. The summed E-state index contributed by atoms with van der Waals surface area (Å²) in [5, 5.41) is 46.9. The average Bonchev–Trinajstić information content (AvgIpc) is 3.55. The van der Waals surface area contributed by atoms with Crippen molar-refractivity contribution < 1.29 is 79.4 Å². The molecule has 1 aliphatic carbocycles. The van der Waals surface area contributed by atoms with Crippen molar-refractivity contribution in [3.8, 4) is 23.4 Å². The molecule has 388 valence electrons. The summed E-state index contributed by atoms with van der Waals surface area (Å²) < 4.78 is 176. The van der Waals surface area contributed by atoms with Crippen LogP contribution in [0.5, 0.6) is 17.4 Å². The summed E-state index contributed by atoms with van der Waals surface area (Å²) >= 11 is 0. The highest BCUT2D eigenvalue weighted by Gasteiger charge is 2.35. The molecule has 32 heteroatoms. The van der Waals surface area contributed by atoms with Crippen LogP contribution in [0.15, 0.2) is 95.1 Å². The molecule has 6 rings (SSSR count). The molecule has 0 bridgehead atoms. The number of ether oxygens (including phenoxy) is 2. The van der Waals surface area contributed by atoms with Crippen LogP contribution in [-0.4, -0.2) is 109 Å². The minimum atomic E-state index is -5.12. The molecule has 2 aromatic heterocycles. The van der Waals surface area contributed by atoms with Gasteiger partial charge in [-0.3, -0.25) is 27.2 Å². The van der Waals surface area contributed by atoms with Crippen LogP contribution in [0.2, 0.25) is 0 Å². The third-order valence-electron chi connectivity index (χ3n) is 10.6. The first kappa shape index (κ1) is 55.4. The van der Waals surface area contributed by atoms with Crippen molar-refractivity contribution in [2.45, 2.75) is 55.1 Å². The molecule has 3 aromatic carbocycles. The predicted octanol–water partition coefficient (Wildman–Crippen LogP) is 7.58. The molecule has 6 N–H and O–H groups in total. The van der Waals surface area contributed by atoms with Crippen LogP contribution < -0.4 is 9.47 Å². The van der Waals surface area contributed by atoms with Gasteiger partial charge < -0.3 is 14.6 Å². The maximum Gasteiger partial charge on any atom is 0.296 e. The van der Waals surface area contributed by atoms with Crippen molar-refractivity contribution in [1.82, 2.24) is 9.38 Å². The van der Waals surface area contributed by atoms with E-state index in [1.54, 1.807) is 6.92 Å². The number of azo groups is 3. The molecular weight excluding hydrogens is 1070 g/mol. The van der Waals surface area contributed by atoms with E-state index in [0.29, 0.717) is 11.6 Å². The van der Waals surface area contributed by atoms with Gasteiger partial charge in [-0.25, -0.2) is 4.98 Å². The maximum absolute atomic E-state index is 12.2. The van der Waals surface area contributed by atoms with Gasteiger partial charge in [0, 0.05) is 17.7 Å². The highest BCUT2D eigenvalue weighted by atomic mass is 32.2. The molecule has 1 aliphatic rings. The van der Waals surface area contributed by atoms with Gasteiger partial charge in [-0.2, -0.15) is 57.6 Å². The van der Waals surface area contributed by atoms with Gasteiger partial charge in [0.15, 0.2) is 11.3 Å². The van der Waals surface area contributed by atoms with Crippen LogP contribution in [0.1, 0.15) is 53.4 Å². The fourth-order valence-corrected chi connectivity index (χ4v) is 9.36. The van der Waals surface area contributed by atoms with Crippen LogP contribution in [0.3, 0.4) is 0 Å². The normalized spacial score (nSPS) is 15.6. The number of aromatic hydroxyl groups is 1. The van der Waals surface area contributed by atoms with Gasteiger partial charge in [-0.1, -0.05) is 12.2 Å². The molecular formula is C41H41N9O18S5. The number of hydrogen-bond acceptors (Lipinski definition) is 21. The minimum absolute atomic E-state index is 0.0129. The van der Waals surface area contributed by atoms with Crippen molar-refractivity contribution in [3.05, 3.63) is 88.3 Å². The van der Waals surface area contributed by atoms with Gasteiger partial charge in [0.2, 0.25) is 5.88 Å². The first-order valence-electron chi connectivity index (χ1n) is 20.6. The molecule has 0 saturated carbocycles. The molecule has 0 amide bonds. The van der Waals surface area contributed by atoms with E-state index in [9.17, 15) is 75.2 Å². The topological polar surface area (TPSA) is 426 Å². The molecule has 1 atom stereocenters. The summed E-state index contributed by atoms with van der Waals surface area (Å²) in [5.41, 5.74) is 0.217. The zero-order valence-corrected chi connectivity index (χ0v) is 42.3. The summed E-state index contributed by atoms with van der Waals surface area (Å²) in [5.74, 6) is -2.15. The summed E-state index contributed by atoms with van der Waals surface area (Å²) in [6, 6.07) is 9.53. The molecule has 27 nitrogen and oxygen atoms in total. The molecule has 0 aliphatic heterocycles. The number of aryl methyl sites for hydroxylation is 2. The third-order valence-corrected chi connectivity index (χ3v) is 15.3. The Labute approximate surface area is 416 Å². The van der Waals surface area contributed by atoms with Crippen molar-refractivity contribution in [3.63, 3.8) is 0 Å². The van der Waals surface area contributed by atoms with E-state index >= 15 is 0 Å². The summed E-state index contributed by atoms with van der Waals surface area (Å²) in [4.78, 5) is 2.54. The number of pyridine rings is 1. The van der Waals surface area contributed by atoms with Crippen LogP contribution in [-0.2, 0) is 50.6 Å². The number of nitrogens with zero attached hydrogens (tertiary/aromatic N) is 9. The first-order chi connectivity index (χ1) is 33.8. The van der Waals surface area contributed by atoms with Gasteiger partial charge in [-0.15, -0.1) is 20.5 Å². The Morgan fingerprint density at radius 3 is 1.63 bits per heavy atom. The lowest BCUT2D eigenvalue weighted by Crippen LogP contribution is -2.29. The summed E-state index contributed by atoms with van der Waals surface area (Å²) in [6.07, 6.45) is 4.52. The lowest BCUT2D eigenvalue weighted by molar-refractivity contribution is 0.317. The van der Waals surface area contributed by atoms with E-state index < -0.39 is 88.2 Å². The van der Waals surface area contributed by atoms with Crippen molar-refractivity contribution >= 4 is 103 Å². The fourth-order valence-electron chi connectivity index (χ4n) is 6.68.